The Balaban J connectivity index is 2.72. The maximum absolute atomic E-state index is 12.4. The summed E-state index contributed by atoms with van der Waals surface area (Å²) in [4.78, 5) is 25.5. The van der Waals surface area contributed by atoms with Crippen molar-refractivity contribution in [3.05, 3.63) is 35.9 Å². The number of unbranched alkanes of at least 4 members (excludes halogenated alkanes) is 2. The van der Waals surface area contributed by atoms with E-state index >= 15 is 0 Å². The monoisotopic (exact) mass is 287 g/mol. The zero-order chi connectivity index (χ0) is 15.5. The first-order chi connectivity index (χ1) is 10.2. The van der Waals surface area contributed by atoms with Gasteiger partial charge in [0.2, 0.25) is 5.91 Å². The molecule has 0 bridgehead atoms. The van der Waals surface area contributed by atoms with E-state index in [1.807, 2.05) is 41.2 Å². The molecular weight excluding hydrogens is 262 g/mol. The van der Waals surface area contributed by atoms with Crippen LogP contribution in [0.25, 0.3) is 5.57 Å². The van der Waals surface area contributed by atoms with Crippen LogP contribution in [0.15, 0.2) is 30.3 Å². The van der Waals surface area contributed by atoms with Crippen LogP contribution in [0.5, 0.6) is 0 Å². The highest BCUT2D eigenvalue weighted by Gasteiger charge is 2.16. The molecule has 0 spiro atoms. The maximum Gasteiger partial charge on any atom is 0.227 e. The Morgan fingerprint density at radius 1 is 1.05 bits per heavy atom. The summed E-state index contributed by atoms with van der Waals surface area (Å²) in [7, 11) is 0. The number of hydrogen-bond acceptors (Lipinski definition) is 2. The van der Waals surface area contributed by atoms with Crippen LogP contribution >= 0.6 is 0 Å². The topological polar surface area (TPSA) is 37.4 Å². The second-order valence-electron chi connectivity index (χ2n) is 5.21. The molecule has 0 radical (unpaired) electrons. The van der Waals surface area contributed by atoms with Gasteiger partial charge in [0, 0.05) is 13.1 Å². The van der Waals surface area contributed by atoms with E-state index < -0.39 is 0 Å². The summed E-state index contributed by atoms with van der Waals surface area (Å²) in [5.74, 6) is 1.96. The van der Waals surface area contributed by atoms with Crippen molar-refractivity contribution in [3.63, 3.8) is 0 Å². The zero-order valence-corrected chi connectivity index (χ0v) is 13.1. The van der Waals surface area contributed by atoms with Crippen LogP contribution in [0.3, 0.4) is 0 Å². The second kappa shape index (κ2) is 9.95. The summed E-state index contributed by atoms with van der Waals surface area (Å²) in [5.41, 5.74) is 1.23. The van der Waals surface area contributed by atoms with Gasteiger partial charge in [-0.15, -0.1) is 0 Å². The lowest BCUT2D eigenvalue weighted by Crippen LogP contribution is -2.33. The lowest BCUT2D eigenvalue weighted by molar-refractivity contribution is -0.130. The molecule has 3 nitrogen and oxygen atoms in total. The van der Waals surface area contributed by atoms with Gasteiger partial charge in [-0.2, -0.15) is 0 Å². The lowest BCUT2D eigenvalue weighted by atomic mass is 10.0. The predicted molar refractivity (Wildman–Crippen MR) is 86.6 cm³/mol. The minimum absolute atomic E-state index is 0.0269. The van der Waals surface area contributed by atoms with Crippen molar-refractivity contribution in [1.82, 2.24) is 4.90 Å². The molecule has 0 aliphatic carbocycles. The third kappa shape index (κ3) is 5.97. The van der Waals surface area contributed by atoms with Crippen molar-refractivity contribution in [1.29, 1.82) is 0 Å². The smallest absolute Gasteiger partial charge is 0.227 e. The molecule has 1 rings (SSSR count). The van der Waals surface area contributed by atoms with Gasteiger partial charge in [-0.25, -0.2) is 4.79 Å². The number of rotatable bonds is 9. The van der Waals surface area contributed by atoms with Gasteiger partial charge in [0.15, 0.2) is 0 Å². The first-order valence-electron chi connectivity index (χ1n) is 7.80. The third-order valence-corrected chi connectivity index (χ3v) is 3.49. The van der Waals surface area contributed by atoms with Crippen LogP contribution in [0.1, 0.15) is 51.5 Å². The Morgan fingerprint density at radius 2 is 1.62 bits per heavy atom. The highest BCUT2D eigenvalue weighted by molar-refractivity contribution is 5.98. The highest BCUT2D eigenvalue weighted by Crippen LogP contribution is 2.16. The molecule has 0 heterocycles. The van der Waals surface area contributed by atoms with Gasteiger partial charge in [-0.05, 0) is 18.4 Å². The van der Waals surface area contributed by atoms with E-state index in [1.54, 1.807) is 0 Å². The first kappa shape index (κ1) is 17.2. The Bertz CT molecular complexity index is 467. The summed E-state index contributed by atoms with van der Waals surface area (Å²) in [6.45, 7) is 5.78. The average molecular weight is 287 g/mol. The molecular formula is C18H25NO2. The van der Waals surface area contributed by atoms with Crippen LogP contribution < -0.4 is 0 Å². The normalized spacial score (nSPS) is 10.0. The van der Waals surface area contributed by atoms with E-state index in [9.17, 15) is 9.59 Å². The molecule has 0 fully saturated rings. The molecule has 0 saturated carbocycles. The van der Waals surface area contributed by atoms with E-state index in [4.69, 9.17) is 0 Å². The fraction of sp³-hybridized carbons (Fsp3) is 0.500. The van der Waals surface area contributed by atoms with Gasteiger partial charge in [0.05, 0.1) is 12.0 Å². The predicted octanol–water partition coefficient (Wildman–Crippen LogP) is 3.72. The number of nitrogens with zero attached hydrogens (tertiary/aromatic N) is 1. The van der Waals surface area contributed by atoms with Crippen LogP contribution in [-0.2, 0) is 9.59 Å². The molecule has 0 N–H and O–H groups in total. The van der Waals surface area contributed by atoms with Crippen LogP contribution in [0.4, 0.5) is 0 Å². The molecule has 0 saturated heterocycles. The van der Waals surface area contributed by atoms with Gasteiger partial charge in [0.1, 0.15) is 5.94 Å². The Kier molecular flexibility index (Phi) is 8.15. The van der Waals surface area contributed by atoms with Crippen molar-refractivity contribution in [2.24, 2.45) is 0 Å². The number of amides is 1. The van der Waals surface area contributed by atoms with Gasteiger partial charge in [0.25, 0.3) is 0 Å². The minimum Gasteiger partial charge on any atom is -0.342 e. The summed E-state index contributed by atoms with van der Waals surface area (Å²) in [6, 6.07) is 9.31. The van der Waals surface area contributed by atoms with Crippen molar-refractivity contribution >= 4 is 17.4 Å². The molecule has 1 aromatic carbocycles. The molecule has 0 unspecified atom stereocenters. The van der Waals surface area contributed by atoms with E-state index in [-0.39, 0.29) is 12.3 Å². The minimum atomic E-state index is 0.0269. The van der Waals surface area contributed by atoms with Crippen LogP contribution in [-0.4, -0.2) is 29.8 Å². The largest absolute Gasteiger partial charge is 0.342 e. The maximum atomic E-state index is 12.4. The second-order valence-corrected chi connectivity index (χ2v) is 5.21. The fourth-order valence-electron chi connectivity index (χ4n) is 2.16. The molecule has 114 valence electrons. The third-order valence-electron chi connectivity index (χ3n) is 3.49. The van der Waals surface area contributed by atoms with E-state index in [2.05, 4.69) is 13.8 Å². The van der Waals surface area contributed by atoms with Gasteiger partial charge in [-0.3, -0.25) is 4.79 Å². The fourth-order valence-corrected chi connectivity index (χ4v) is 2.16. The van der Waals surface area contributed by atoms with Crippen molar-refractivity contribution in [2.45, 2.75) is 46.0 Å². The van der Waals surface area contributed by atoms with Gasteiger partial charge in [-0.1, -0.05) is 57.0 Å². The summed E-state index contributed by atoms with van der Waals surface area (Å²) < 4.78 is 0. The van der Waals surface area contributed by atoms with E-state index in [1.165, 1.54) is 0 Å². The summed E-state index contributed by atoms with van der Waals surface area (Å²) >= 11 is 0. The molecule has 21 heavy (non-hydrogen) atoms. The van der Waals surface area contributed by atoms with Gasteiger partial charge < -0.3 is 4.90 Å². The molecule has 0 aliphatic rings. The molecule has 1 amide bonds. The molecule has 0 atom stereocenters. The SMILES string of the molecule is CCCCN(CCCC)C(=O)CC(=C=O)c1ccccc1. The standard InChI is InChI=1S/C18H25NO2/c1-3-5-12-19(13-6-4-2)18(21)14-17(15-20)16-10-8-7-9-11-16/h7-11H,3-6,12-14H2,1-2H3. The van der Waals surface area contributed by atoms with Gasteiger partial charge >= 0.3 is 0 Å². The van der Waals surface area contributed by atoms with E-state index in [0.29, 0.717) is 5.57 Å². The number of benzene rings is 1. The highest BCUT2D eigenvalue weighted by atomic mass is 16.2. The molecule has 3 heteroatoms. The summed E-state index contributed by atoms with van der Waals surface area (Å²) in [5, 5.41) is 0. The Morgan fingerprint density at radius 3 is 2.10 bits per heavy atom. The van der Waals surface area contributed by atoms with Crippen LogP contribution in [0, 0.1) is 0 Å². The van der Waals surface area contributed by atoms with Crippen molar-refractivity contribution < 1.29 is 9.59 Å². The van der Waals surface area contributed by atoms with Crippen molar-refractivity contribution in [2.75, 3.05) is 13.1 Å². The Hall–Kier alpha value is -1.86. The first-order valence-corrected chi connectivity index (χ1v) is 7.80. The number of carbonyl (C=O) groups is 1. The number of carbonyl (C=O) groups excluding carboxylic acids is 2. The van der Waals surface area contributed by atoms with Crippen molar-refractivity contribution in [3.8, 4) is 0 Å². The number of hydrogen-bond donors (Lipinski definition) is 0. The lowest BCUT2D eigenvalue weighted by Gasteiger charge is -2.22. The summed E-state index contributed by atoms with van der Waals surface area (Å²) in [6.07, 6.45) is 4.26. The molecule has 1 aromatic rings. The molecule has 0 aromatic heterocycles. The average Bonchev–Trinajstić information content (AvgIpc) is 2.53. The van der Waals surface area contributed by atoms with E-state index in [0.717, 1.165) is 44.3 Å². The zero-order valence-electron chi connectivity index (χ0n) is 13.1. The quantitative estimate of drug-likeness (QED) is 0.649. The Labute approximate surface area is 127 Å². The van der Waals surface area contributed by atoms with Crippen LogP contribution in [0.2, 0.25) is 0 Å². The molecule has 0 aliphatic heterocycles.